The van der Waals surface area contributed by atoms with Gasteiger partial charge in [-0.05, 0) is 55.0 Å². The van der Waals surface area contributed by atoms with E-state index in [1.807, 2.05) is 0 Å². The lowest BCUT2D eigenvalue weighted by atomic mass is 9.85. The first-order valence-electron chi connectivity index (χ1n) is 8.93. The summed E-state index contributed by atoms with van der Waals surface area (Å²) >= 11 is 7.27. The maximum Gasteiger partial charge on any atom is 0.267 e. The number of fused-ring (bicyclic) bond motifs is 2. The number of nitrogen functional groups attached to an aromatic ring is 1. The number of halogens is 2. The Kier molecular flexibility index (Phi) is 4.78. The number of aromatic nitrogens is 1. The van der Waals surface area contributed by atoms with Gasteiger partial charge in [-0.15, -0.1) is 11.3 Å². The Hall–Kier alpha value is -2.18. The number of nitrogens with two attached hydrogens (primary N) is 1. The van der Waals surface area contributed by atoms with E-state index in [-0.39, 0.29) is 10.9 Å². The Morgan fingerprint density at radius 1 is 1.44 bits per heavy atom. The number of carbonyl (C=O) groups excluding carboxylic acids is 1. The van der Waals surface area contributed by atoms with Crippen LogP contribution in [0.15, 0.2) is 24.3 Å². The minimum Gasteiger partial charge on any atom is -0.397 e. The molecule has 1 amide bonds. The minimum absolute atomic E-state index is 0.141. The number of thiophene rings is 1. The average Bonchev–Trinajstić information content (AvgIpc) is 2.97. The van der Waals surface area contributed by atoms with Crippen molar-refractivity contribution < 1.29 is 9.18 Å². The molecule has 2 aromatic heterocycles. The number of rotatable bonds is 3. The number of hydrogen-bond donors (Lipinski definition) is 2. The summed E-state index contributed by atoms with van der Waals surface area (Å²) in [5.41, 5.74) is 9.40. The molecule has 0 saturated carbocycles. The molecule has 0 unspecified atom stereocenters. The van der Waals surface area contributed by atoms with E-state index in [1.54, 1.807) is 0 Å². The van der Waals surface area contributed by atoms with Gasteiger partial charge in [-0.3, -0.25) is 4.79 Å². The predicted octanol–water partition coefficient (Wildman–Crippen LogP) is 5.44. The molecular formula is C20H19ClFN3OS. The summed E-state index contributed by atoms with van der Waals surface area (Å²) in [7, 11) is 0. The first kappa shape index (κ1) is 18.2. The average molecular weight is 404 g/mol. The lowest BCUT2D eigenvalue weighted by molar-refractivity contribution is 0.103. The van der Waals surface area contributed by atoms with E-state index in [1.165, 1.54) is 29.0 Å². The molecule has 1 aliphatic rings. The van der Waals surface area contributed by atoms with Gasteiger partial charge in [0.1, 0.15) is 15.5 Å². The minimum atomic E-state index is -0.459. The number of pyridine rings is 1. The third-order valence-electron chi connectivity index (χ3n) is 5.15. The van der Waals surface area contributed by atoms with Crippen molar-refractivity contribution in [3.63, 3.8) is 0 Å². The van der Waals surface area contributed by atoms with Crippen molar-refractivity contribution in [2.75, 3.05) is 11.1 Å². The standard InChI is InChI=1S/C20H19ClFN3OS/c1-2-10-3-5-15-11(7-10)8-13-17(23)18(27-20(13)25-15)19(26)24-16-6-4-12(22)9-14(16)21/h4,6,8-10H,2-3,5,7,23H2,1H3,(H,24,26)/t10-/m1/s1. The van der Waals surface area contributed by atoms with E-state index in [9.17, 15) is 9.18 Å². The molecule has 0 aliphatic heterocycles. The maximum atomic E-state index is 13.2. The second kappa shape index (κ2) is 7.09. The van der Waals surface area contributed by atoms with E-state index >= 15 is 0 Å². The molecule has 1 aromatic carbocycles. The summed E-state index contributed by atoms with van der Waals surface area (Å²) in [5, 5.41) is 3.67. The molecular weight excluding hydrogens is 385 g/mol. The number of nitrogens with one attached hydrogen (secondary N) is 1. The quantitative estimate of drug-likeness (QED) is 0.612. The lowest BCUT2D eigenvalue weighted by Crippen LogP contribution is -2.14. The van der Waals surface area contributed by atoms with Gasteiger partial charge in [-0.2, -0.15) is 0 Å². The number of nitrogens with zero attached hydrogens (tertiary/aromatic N) is 1. The third kappa shape index (κ3) is 3.39. The second-order valence-electron chi connectivity index (χ2n) is 6.89. The smallest absolute Gasteiger partial charge is 0.267 e. The molecule has 0 spiro atoms. The Bertz CT molecular complexity index is 1050. The van der Waals surface area contributed by atoms with Crippen LogP contribution in [0.3, 0.4) is 0 Å². The van der Waals surface area contributed by atoms with Crippen molar-refractivity contribution in [3.8, 4) is 0 Å². The first-order valence-corrected chi connectivity index (χ1v) is 10.1. The van der Waals surface area contributed by atoms with Gasteiger partial charge in [-0.25, -0.2) is 9.37 Å². The molecule has 1 aliphatic carbocycles. The van der Waals surface area contributed by atoms with Crippen LogP contribution in [0.5, 0.6) is 0 Å². The molecule has 1 atom stereocenters. The Morgan fingerprint density at radius 2 is 2.26 bits per heavy atom. The highest BCUT2D eigenvalue weighted by Crippen LogP contribution is 2.37. The molecule has 0 radical (unpaired) electrons. The number of benzene rings is 1. The van der Waals surface area contributed by atoms with Crippen LogP contribution in [0, 0.1) is 11.7 Å². The van der Waals surface area contributed by atoms with Gasteiger partial charge >= 0.3 is 0 Å². The van der Waals surface area contributed by atoms with Crippen molar-refractivity contribution in [2.24, 2.45) is 5.92 Å². The number of anilines is 2. The molecule has 0 fully saturated rings. The molecule has 4 nitrogen and oxygen atoms in total. The molecule has 0 saturated heterocycles. The number of carbonyl (C=O) groups is 1. The van der Waals surface area contributed by atoms with Crippen LogP contribution in [0.25, 0.3) is 10.2 Å². The molecule has 140 valence electrons. The third-order valence-corrected chi connectivity index (χ3v) is 6.58. The monoisotopic (exact) mass is 403 g/mol. The van der Waals surface area contributed by atoms with Gasteiger partial charge in [0, 0.05) is 11.1 Å². The highest BCUT2D eigenvalue weighted by atomic mass is 35.5. The summed E-state index contributed by atoms with van der Waals surface area (Å²) < 4.78 is 13.2. The maximum absolute atomic E-state index is 13.2. The van der Waals surface area contributed by atoms with Crippen LogP contribution in [0.4, 0.5) is 15.8 Å². The van der Waals surface area contributed by atoms with Gasteiger partial charge in [0.05, 0.1) is 16.4 Å². The zero-order valence-corrected chi connectivity index (χ0v) is 16.4. The number of amides is 1. The van der Waals surface area contributed by atoms with Crippen molar-refractivity contribution in [3.05, 3.63) is 51.2 Å². The summed E-state index contributed by atoms with van der Waals surface area (Å²) in [6, 6.07) is 5.93. The van der Waals surface area contributed by atoms with Crippen LogP contribution in [-0.4, -0.2) is 10.9 Å². The highest BCUT2D eigenvalue weighted by molar-refractivity contribution is 7.21. The van der Waals surface area contributed by atoms with Crippen LogP contribution in [0.1, 0.15) is 40.7 Å². The molecule has 0 bridgehead atoms. The molecule has 27 heavy (non-hydrogen) atoms. The van der Waals surface area contributed by atoms with E-state index in [2.05, 4.69) is 18.3 Å². The van der Waals surface area contributed by atoms with Crippen LogP contribution in [0.2, 0.25) is 5.02 Å². The lowest BCUT2D eigenvalue weighted by Gasteiger charge is -2.22. The molecule has 2 heterocycles. The Labute approximate surface area is 165 Å². The van der Waals surface area contributed by atoms with Crippen molar-refractivity contribution in [2.45, 2.75) is 32.6 Å². The summed E-state index contributed by atoms with van der Waals surface area (Å²) in [6.45, 7) is 2.21. The van der Waals surface area contributed by atoms with Gasteiger partial charge in [0.25, 0.3) is 5.91 Å². The molecule has 3 N–H and O–H groups in total. The highest BCUT2D eigenvalue weighted by Gasteiger charge is 2.23. The molecule has 4 rings (SSSR count). The van der Waals surface area contributed by atoms with Crippen LogP contribution >= 0.6 is 22.9 Å². The summed E-state index contributed by atoms with van der Waals surface area (Å²) in [5.74, 6) is -0.145. The normalized spacial score (nSPS) is 16.3. The van der Waals surface area contributed by atoms with Crippen molar-refractivity contribution in [1.82, 2.24) is 4.98 Å². The fraction of sp³-hybridized carbons (Fsp3) is 0.300. The van der Waals surface area contributed by atoms with E-state index < -0.39 is 5.82 Å². The zero-order valence-electron chi connectivity index (χ0n) is 14.8. The first-order chi connectivity index (χ1) is 13.0. The fourth-order valence-corrected chi connectivity index (χ4v) is 4.76. The van der Waals surface area contributed by atoms with Gasteiger partial charge in [-0.1, -0.05) is 24.9 Å². The fourth-order valence-electron chi connectivity index (χ4n) is 3.55. The summed E-state index contributed by atoms with van der Waals surface area (Å²) in [4.78, 5) is 18.6. The van der Waals surface area contributed by atoms with Gasteiger partial charge in [0.15, 0.2) is 0 Å². The number of hydrogen-bond acceptors (Lipinski definition) is 4. The van der Waals surface area contributed by atoms with E-state index in [0.717, 1.165) is 47.7 Å². The van der Waals surface area contributed by atoms with Crippen LogP contribution < -0.4 is 11.1 Å². The SMILES string of the molecule is CC[C@@H]1CCc2nc3sc(C(=O)Nc4ccc(F)cc4Cl)c(N)c3cc2C1. The van der Waals surface area contributed by atoms with Crippen molar-refractivity contribution >= 4 is 50.4 Å². The predicted molar refractivity (Wildman–Crippen MR) is 109 cm³/mol. The number of aryl methyl sites for hydroxylation is 1. The van der Waals surface area contributed by atoms with Crippen LogP contribution in [-0.2, 0) is 12.8 Å². The molecule has 3 aromatic rings. The zero-order chi connectivity index (χ0) is 19.1. The van der Waals surface area contributed by atoms with Gasteiger partial charge in [0.2, 0.25) is 0 Å². The van der Waals surface area contributed by atoms with Crippen molar-refractivity contribution in [1.29, 1.82) is 0 Å². The second-order valence-corrected chi connectivity index (χ2v) is 8.29. The van der Waals surface area contributed by atoms with E-state index in [0.29, 0.717) is 22.2 Å². The summed E-state index contributed by atoms with van der Waals surface area (Å²) in [6.07, 6.45) is 4.28. The Morgan fingerprint density at radius 3 is 3.00 bits per heavy atom. The largest absolute Gasteiger partial charge is 0.397 e. The molecule has 7 heteroatoms. The van der Waals surface area contributed by atoms with E-state index in [4.69, 9.17) is 22.3 Å². The van der Waals surface area contributed by atoms with Gasteiger partial charge < -0.3 is 11.1 Å². The topological polar surface area (TPSA) is 68.0 Å². The Balaban J connectivity index is 1.68.